The zero-order valence-corrected chi connectivity index (χ0v) is 12.8. The van der Waals surface area contributed by atoms with Gasteiger partial charge in [-0.2, -0.15) is 5.10 Å². The molecule has 21 heavy (non-hydrogen) atoms. The monoisotopic (exact) mass is 307 g/mol. The molecule has 0 aliphatic carbocycles. The minimum Gasteiger partial charge on any atom is -0.395 e. The first-order valence-corrected chi connectivity index (χ1v) is 7.17. The predicted octanol–water partition coefficient (Wildman–Crippen LogP) is 2.29. The maximum Gasteiger partial charge on any atom is 0.274 e. The highest BCUT2D eigenvalue weighted by Gasteiger charge is 2.18. The van der Waals surface area contributed by atoms with E-state index in [1.807, 2.05) is 26.0 Å². The molecule has 5 nitrogen and oxygen atoms in total. The van der Waals surface area contributed by atoms with Gasteiger partial charge in [-0.1, -0.05) is 17.7 Å². The minimum atomic E-state index is -0.185. The van der Waals surface area contributed by atoms with Crippen molar-refractivity contribution >= 4 is 17.5 Å². The van der Waals surface area contributed by atoms with Gasteiger partial charge in [0.25, 0.3) is 5.91 Å². The minimum absolute atomic E-state index is 0.0619. The fourth-order valence-electron chi connectivity index (χ4n) is 2.13. The molecule has 0 bridgehead atoms. The van der Waals surface area contributed by atoms with Crippen molar-refractivity contribution in [1.82, 2.24) is 14.7 Å². The smallest absolute Gasteiger partial charge is 0.274 e. The molecule has 1 amide bonds. The van der Waals surface area contributed by atoms with Crippen molar-refractivity contribution in [3.05, 3.63) is 46.7 Å². The number of benzene rings is 1. The molecule has 0 spiro atoms. The van der Waals surface area contributed by atoms with Gasteiger partial charge in [-0.25, -0.2) is 4.68 Å². The number of aromatic nitrogens is 2. The maximum atomic E-state index is 12.3. The molecule has 1 heterocycles. The van der Waals surface area contributed by atoms with E-state index in [4.69, 9.17) is 16.7 Å². The zero-order chi connectivity index (χ0) is 15.4. The molecule has 2 aromatic rings. The Morgan fingerprint density at radius 3 is 2.81 bits per heavy atom. The summed E-state index contributed by atoms with van der Waals surface area (Å²) >= 11 is 5.99. The summed E-state index contributed by atoms with van der Waals surface area (Å²) in [6.45, 7) is 4.52. The van der Waals surface area contributed by atoms with Gasteiger partial charge in [0.05, 0.1) is 12.3 Å². The molecule has 0 saturated carbocycles. The average Bonchev–Trinajstić information content (AvgIpc) is 2.86. The molecule has 2 rings (SSSR count). The second-order valence-corrected chi connectivity index (χ2v) is 5.11. The highest BCUT2D eigenvalue weighted by Crippen LogP contribution is 2.17. The molecule has 112 valence electrons. The van der Waals surface area contributed by atoms with Crippen LogP contribution in [-0.4, -0.2) is 45.4 Å². The lowest BCUT2D eigenvalue weighted by atomic mass is 10.3. The van der Waals surface area contributed by atoms with E-state index in [1.54, 1.807) is 27.8 Å². The Kier molecular flexibility index (Phi) is 4.98. The summed E-state index contributed by atoms with van der Waals surface area (Å²) in [6.07, 6.45) is 0. The van der Waals surface area contributed by atoms with Gasteiger partial charge < -0.3 is 10.0 Å². The van der Waals surface area contributed by atoms with E-state index in [0.717, 1.165) is 11.4 Å². The standard InChI is InChI=1S/C15H18ClN3O2/c1-3-18(7-8-20)15(21)14-9-11(2)19(17-14)13-6-4-5-12(16)10-13/h4-6,9-10,20H,3,7-8H2,1-2H3. The van der Waals surface area contributed by atoms with E-state index in [1.165, 1.54) is 0 Å². The van der Waals surface area contributed by atoms with Crippen molar-refractivity contribution in [3.63, 3.8) is 0 Å². The second-order valence-electron chi connectivity index (χ2n) is 4.67. The van der Waals surface area contributed by atoms with Crippen LogP contribution in [0.3, 0.4) is 0 Å². The van der Waals surface area contributed by atoms with Crippen LogP contribution in [0.5, 0.6) is 0 Å². The van der Waals surface area contributed by atoms with Gasteiger partial charge in [0, 0.05) is 23.8 Å². The number of amides is 1. The maximum absolute atomic E-state index is 12.3. The van der Waals surface area contributed by atoms with Gasteiger partial charge in [-0.05, 0) is 38.1 Å². The number of rotatable bonds is 5. The molecule has 0 aliphatic rings. The molecule has 0 unspecified atom stereocenters. The third-order valence-corrected chi connectivity index (χ3v) is 3.43. The number of hydrogen-bond acceptors (Lipinski definition) is 3. The van der Waals surface area contributed by atoms with E-state index >= 15 is 0 Å². The summed E-state index contributed by atoms with van der Waals surface area (Å²) in [4.78, 5) is 13.9. The Balaban J connectivity index is 2.33. The van der Waals surface area contributed by atoms with Crippen LogP contribution in [0.25, 0.3) is 5.69 Å². The lowest BCUT2D eigenvalue weighted by molar-refractivity contribution is 0.0725. The fraction of sp³-hybridized carbons (Fsp3) is 0.333. The number of aryl methyl sites for hydroxylation is 1. The van der Waals surface area contributed by atoms with Crippen molar-refractivity contribution in [2.75, 3.05) is 19.7 Å². The molecule has 1 N–H and O–H groups in total. The van der Waals surface area contributed by atoms with Gasteiger partial charge in [0.15, 0.2) is 5.69 Å². The van der Waals surface area contributed by atoms with Crippen molar-refractivity contribution in [2.24, 2.45) is 0 Å². The van der Waals surface area contributed by atoms with Gasteiger partial charge in [0.2, 0.25) is 0 Å². The summed E-state index contributed by atoms with van der Waals surface area (Å²) in [5.74, 6) is -0.185. The number of hydrogen-bond donors (Lipinski definition) is 1. The van der Waals surface area contributed by atoms with E-state index < -0.39 is 0 Å². The third kappa shape index (κ3) is 3.43. The summed E-state index contributed by atoms with van der Waals surface area (Å²) in [5.41, 5.74) is 2.02. The molecular formula is C15H18ClN3O2. The molecule has 0 radical (unpaired) electrons. The SMILES string of the molecule is CCN(CCO)C(=O)c1cc(C)n(-c2cccc(Cl)c2)n1. The van der Waals surface area contributed by atoms with E-state index in [2.05, 4.69) is 5.10 Å². The second kappa shape index (κ2) is 6.74. The molecule has 0 saturated heterocycles. The van der Waals surface area contributed by atoms with Crippen LogP contribution in [0.15, 0.2) is 30.3 Å². The first-order chi connectivity index (χ1) is 10.1. The number of halogens is 1. The summed E-state index contributed by atoms with van der Waals surface area (Å²) in [5, 5.41) is 14.0. The van der Waals surface area contributed by atoms with E-state index in [0.29, 0.717) is 23.8 Å². The normalized spacial score (nSPS) is 10.7. The number of carbonyl (C=O) groups is 1. The number of likely N-dealkylation sites (N-methyl/N-ethyl adjacent to an activating group) is 1. The Labute approximate surface area is 128 Å². The van der Waals surface area contributed by atoms with Crippen LogP contribution < -0.4 is 0 Å². The molecule has 0 atom stereocenters. The summed E-state index contributed by atoms with van der Waals surface area (Å²) in [7, 11) is 0. The fourth-order valence-corrected chi connectivity index (χ4v) is 2.32. The van der Waals surface area contributed by atoms with Crippen molar-refractivity contribution in [1.29, 1.82) is 0 Å². The van der Waals surface area contributed by atoms with Crippen molar-refractivity contribution in [2.45, 2.75) is 13.8 Å². The molecule has 1 aromatic heterocycles. The highest BCUT2D eigenvalue weighted by molar-refractivity contribution is 6.30. The molecule has 0 fully saturated rings. The van der Waals surface area contributed by atoms with Crippen molar-refractivity contribution < 1.29 is 9.90 Å². The topological polar surface area (TPSA) is 58.4 Å². The Hall–Kier alpha value is -1.85. The first kappa shape index (κ1) is 15.5. The largest absolute Gasteiger partial charge is 0.395 e. The highest BCUT2D eigenvalue weighted by atomic mass is 35.5. The molecular weight excluding hydrogens is 290 g/mol. The van der Waals surface area contributed by atoms with E-state index in [9.17, 15) is 4.79 Å². The van der Waals surface area contributed by atoms with Gasteiger partial charge in [0.1, 0.15) is 0 Å². The first-order valence-electron chi connectivity index (χ1n) is 6.79. The lowest BCUT2D eigenvalue weighted by Gasteiger charge is -2.18. The third-order valence-electron chi connectivity index (χ3n) is 3.20. The van der Waals surface area contributed by atoms with Crippen LogP contribution >= 0.6 is 11.6 Å². The average molecular weight is 308 g/mol. The van der Waals surface area contributed by atoms with Gasteiger partial charge >= 0.3 is 0 Å². The van der Waals surface area contributed by atoms with Crippen LogP contribution in [-0.2, 0) is 0 Å². The molecule has 6 heteroatoms. The Morgan fingerprint density at radius 1 is 1.43 bits per heavy atom. The van der Waals surface area contributed by atoms with Gasteiger partial charge in [-0.3, -0.25) is 4.79 Å². The summed E-state index contributed by atoms with van der Waals surface area (Å²) < 4.78 is 1.69. The van der Waals surface area contributed by atoms with E-state index in [-0.39, 0.29) is 12.5 Å². The summed E-state index contributed by atoms with van der Waals surface area (Å²) in [6, 6.07) is 9.04. The molecule has 0 aliphatic heterocycles. The number of aliphatic hydroxyl groups is 1. The van der Waals surface area contributed by atoms with Crippen LogP contribution in [0.4, 0.5) is 0 Å². The quantitative estimate of drug-likeness (QED) is 0.922. The Morgan fingerprint density at radius 2 is 2.19 bits per heavy atom. The lowest BCUT2D eigenvalue weighted by Crippen LogP contribution is -2.33. The van der Waals surface area contributed by atoms with Crippen LogP contribution in [0.2, 0.25) is 5.02 Å². The van der Waals surface area contributed by atoms with Crippen LogP contribution in [0.1, 0.15) is 23.1 Å². The number of carbonyl (C=O) groups excluding carboxylic acids is 1. The Bertz CT molecular complexity index is 640. The van der Waals surface area contributed by atoms with Gasteiger partial charge in [-0.15, -0.1) is 0 Å². The van der Waals surface area contributed by atoms with Crippen molar-refractivity contribution in [3.8, 4) is 5.69 Å². The zero-order valence-electron chi connectivity index (χ0n) is 12.1. The number of nitrogens with zero attached hydrogens (tertiary/aromatic N) is 3. The predicted molar refractivity (Wildman–Crippen MR) is 82.0 cm³/mol. The number of aliphatic hydroxyl groups excluding tert-OH is 1. The van der Waals surface area contributed by atoms with Crippen LogP contribution in [0, 0.1) is 6.92 Å². The molecule has 1 aromatic carbocycles.